The van der Waals surface area contributed by atoms with Gasteiger partial charge in [0.05, 0.1) is 7.11 Å². The number of unbranched alkanes of at least 4 members (excludes halogenated alkanes) is 13. The number of carbonyl (C=O) groups is 1. The van der Waals surface area contributed by atoms with Gasteiger partial charge in [-0.25, -0.2) is 4.79 Å². The van der Waals surface area contributed by atoms with Crippen molar-refractivity contribution < 1.29 is 13.9 Å². The molecule has 0 spiro atoms. The molecule has 0 aliphatic carbocycles. The second-order valence-corrected chi connectivity index (χ2v) is 6.07. The Morgan fingerprint density at radius 1 is 0.818 bits per heavy atom. The molecule has 2 nitrogen and oxygen atoms in total. The van der Waals surface area contributed by atoms with Crippen molar-refractivity contribution in [2.45, 2.75) is 96.8 Å². The number of methoxy groups -OCH3 is 1. The average molecular weight is 314 g/mol. The van der Waals surface area contributed by atoms with Gasteiger partial charge in [0.2, 0.25) is 5.83 Å². The van der Waals surface area contributed by atoms with Crippen LogP contribution in [-0.2, 0) is 9.53 Å². The molecule has 0 aliphatic heterocycles. The van der Waals surface area contributed by atoms with Crippen LogP contribution in [0, 0.1) is 0 Å². The Morgan fingerprint density at radius 2 is 1.23 bits per heavy atom. The zero-order chi connectivity index (χ0) is 16.5. The minimum atomic E-state index is -0.866. The van der Waals surface area contributed by atoms with Crippen LogP contribution in [-0.4, -0.2) is 13.1 Å². The van der Waals surface area contributed by atoms with E-state index in [9.17, 15) is 9.18 Å². The molecule has 0 atom stereocenters. The number of ether oxygens (including phenoxy) is 1. The fourth-order valence-corrected chi connectivity index (χ4v) is 2.57. The van der Waals surface area contributed by atoms with E-state index in [2.05, 4.69) is 11.7 Å². The molecule has 0 saturated heterocycles. The molecule has 0 aromatic rings. The van der Waals surface area contributed by atoms with Gasteiger partial charge in [0.1, 0.15) is 0 Å². The van der Waals surface area contributed by atoms with Crippen LogP contribution in [0.15, 0.2) is 11.9 Å². The molecule has 0 aliphatic rings. The summed E-state index contributed by atoms with van der Waals surface area (Å²) >= 11 is 0. The molecule has 0 heterocycles. The maximum atomic E-state index is 13.0. The summed E-state index contributed by atoms with van der Waals surface area (Å²) in [5.74, 6) is -1.63. The Morgan fingerprint density at radius 3 is 1.64 bits per heavy atom. The lowest BCUT2D eigenvalue weighted by Crippen LogP contribution is -2.00. The maximum absolute atomic E-state index is 13.0. The van der Waals surface area contributed by atoms with Crippen molar-refractivity contribution in [3.63, 3.8) is 0 Å². The Bertz CT molecular complexity index is 287. The van der Waals surface area contributed by atoms with Gasteiger partial charge in [0, 0.05) is 0 Å². The number of carbonyl (C=O) groups excluding carboxylic acids is 1. The second-order valence-electron chi connectivity index (χ2n) is 6.07. The molecular weight excluding hydrogens is 279 g/mol. The van der Waals surface area contributed by atoms with Crippen LogP contribution in [0.1, 0.15) is 96.8 Å². The van der Waals surface area contributed by atoms with E-state index < -0.39 is 11.8 Å². The first-order chi connectivity index (χ1) is 10.7. The van der Waals surface area contributed by atoms with Crippen LogP contribution in [0.2, 0.25) is 0 Å². The minimum Gasteiger partial charge on any atom is -0.464 e. The van der Waals surface area contributed by atoms with E-state index in [0.29, 0.717) is 6.42 Å². The van der Waals surface area contributed by atoms with Gasteiger partial charge < -0.3 is 4.74 Å². The molecular formula is C19H35FO2. The van der Waals surface area contributed by atoms with Crippen LogP contribution < -0.4 is 0 Å². The van der Waals surface area contributed by atoms with Gasteiger partial charge in [0.25, 0.3) is 0 Å². The molecule has 0 unspecified atom stereocenters. The fraction of sp³-hybridized carbons (Fsp3) is 0.842. The van der Waals surface area contributed by atoms with Crippen LogP contribution in [0.5, 0.6) is 0 Å². The molecule has 0 bridgehead atoms. The molecule has 0 fully saturated rings. The highest BCUT2D eigenvalue weighted by atomic mass is 19.1. The summed E-state index contributed by atoms with van der Waals surface area (Å²) in [5, 5.41) is 0. The summed E-state index contributed by atoms with van der Waals surface area (Å²) in [6.45, 7) is 2.26. The molecule has 0 saturated carbocycles. The SMILES string of the molecule is CCCCCCCCCCCCCCC/C=C(\F)C(=O)OC. The fourth-order valence-electron chi connectivity index (χ4n) is 2.57. The van der Waals surface area contributed by atoms with Crippen molar-refractivity contribution in [3.8, 4) is 0 Å². The van der Waals surface area contributed by atoms with Gasteiger partial charge in [-0.3, -0.25) is 0 Å². The van der Waals surface area contributed by atoms with E-state index in [1.54, 1.807) is 0 Å². The number of esters is 1. The molecule has 0 rings (SSSR count). The average Bonchev–Trinajstić information content (AvgIpc) is 2.54. The highest BCUT2D eigenvalue weighted by molar-refractivity contribution is 5.85. The predicted molar refractivity (Wildman–Crippen MR) is 91.5 cm³/mol. The van der Waals surface area contributed by atoms with Crippen molar-refractivity contribution in [1.82, 2.24) is 0 Å². The van der Waals surface area contributed by atoms with E-state index in [1.807, 2.05) is 0 Å². The van der Waals surface area contributed by atoms with Gasteiger partial charge in [-0.1, -0.05) is 84.0 Å². The Labute approximate surface area is 136 Å². The first-order valence-electron chi connectivity index (χ1n) is 9.16. The number of rotatable bonds is 15. The molecule has 3 heteroatoms. The summed E-state index contributed by atoms with van der Waals surface area (Å²) in [6.07, 6.45) is 18.9. The van der Waals surface area contributed by atoms with Crippen molar-refractivity contribution >= 4 is 5.97 Å². The van der Waals surface area contributed by atoms with Crippen molar-refractivity contribution in [2.75, 3.05) is 7.11 Å². The van der Waals surface area contributed by atoms with E-state index >= 15 is 0 Å². The third-order valence-corrected chi connectivity index (χ3v) is 4.01. The van der Waals surface area contributed by atoms with Crippen molar-refractivity contribution in [3.05, 3.63) is 11.9 Å². The van der Waals surface area contributed by atoms with Gasteiger partial charge in [-0.15, -0.1) is 0 Å². The van der Waals surface area contributed by atoms with Gasteiger partial charge in [-0.2, -0.15) is 4.39 Å². The van der Waals surface area contributed by atoms with Gasteiger partial charge in [-0.05, 0) is 18.9 Å². The minimum absolute atomic E-state index is 0.624. The van der Waals surface area contributed by atoms with Crippen LogP contribution in [0.3, 0.4) is 0 Å². The molecule has 130 valence electrons. The number of hydrogen-bond donors (Lipinski definition) is 0. The zero-order valence-electron chi connectivity index (χ0n) is 14.7. The normalized spacial score (nSPS) is 11.7. The summed E-state index contributed by atoms with van der Waals surface area (Å²) in [5.41, 5.74) is 0. The van der Waals surface area contributed by atoms with E-state index in [1.165, 1.54) is 83.8 Å². The quantitative estimate of drug-likeness (QED) is 0.196. The second kappa shape index (κ2) is 16.5. The highest BCUT2D eigenvalue weighted by Crippen LogP contribution is 2.13. The molecule has 0 N–H and O–H groups in total. The Balaban J connectivity index is 3.19. The number of halogens is 1. The van der Waals surface area contributed by atoms with Crippen LogP contribution >= 0.6 is 0 Å². The largest absolute Gasteiger partial charge is 0.464 e. The Hall–Kier alpha value is -0.860. The summed E-state index contributed by atoms with van der Waals surface area (Å²) in [7, 11) is 1.20. The summed E-state index contributed by atoms with van der Waals surface area (Å²) in [6, 6.07) is 0. The van der Waals surface area contributed by atoms with Gasteiger partial charge in [0.15, 0.2) is 0 Å². The van der Waals surface area contributed by atoms with E-state index in [4.69, 9.17) is 0 Å². The molecule has 22 heavy (non-hydrogen) atoms. The zero-order valence-corrected chi connectivity index (χ0v) is 14.7. The standard InChI is InChI=1S/C19H35FO2/c1-3-4-5-6-7-8-9-10-11-12-13-14-15-16-17-18(20)19(21)22-2/h17H,3-16H2,1-2H3/b18-17-. The topological polar surface area (TPSA) is 26.3 Å². The predicted octanol–water partition coefficient (Wildman–Crippen LogP) is 6.49. The Kier molecular flexibility index (Phi) is 15.9. The summed E-state index contributed by atoms with van der Waals surface area (Å²) < 4.78 is 17.3. The maximum Gasteiger partial charge on any atom is 0.366 e. The van der Waals surface area contributed by atoms with Gasteiger partial charge >= 0.3 is 5.97 Å². The first-order valence-corrected chi connectivity index (χ1v) is 9.16. The van der Waals surface area contributed by atoms with E-state index in [-0.39, 0.29) is 0 Å². The third kappa shape index (κ3) is 14.1. The number of hydrogen-bond acceptors (Lipinski definition) is 2. The number of allylic oxidation sites excluding steroid dienone is 1. The van der Waals surface area contributed by atoms with E-state index in [0.717, 1.165) is 12.8 Å². The highest BCUT2D eigenvalue weighted by Gasteiger charge is 2.06. The lowest BCUT2D eigenvalue weighted by Gasteiger charge is -2.02. The third-order valence-electron chi connectivity index (χ3n) is 4.01. The molecule has 0 radical (unpaired) electrons. The molecule has 0 aromatic heterocycles. The lowest BCUT2D eigenvalue weighted by atomic mass is 10.0. The first kappa shape index (κ1) is 21.1. The summed E-state index contributed by atoms with van der Waals surface area (Å²) in [4.78, 5) is 10.8. The molecule has 0 aromatic carbocycles. The van der Waals surface area contributed by atoms with Crippen LogP contribution in [0.25, 0.3) is 0 Å². The lowest BCUT2D eigenvalue weighted by molar-refractivity contribution is -0.137. The smallest absolute Gasteiger partial charge is 0.366 e. The van der Waals surface area contributed by atoms with Crippen molar-refractivity contribution in [1.29, 1.82) is 0 Å². The van der Waals surface area contributed by atoms with Crippen molar-refractivity contribution in [2.24, 2.45) is 0 Å². The van der Waals surface area contributed by atoms with Crippen LogP contribution in [0.4, 0.5) is 4.39 Å². The molecule has 0 amide bonds. The monoisotopic (exact) mass is 314 g/mol.